The number of fused-ring (bicyclic) bond motifs is 2. The van der Waals surface area contributed by atoms with E-state index in [1.807, 2.05) is 30.3 Å². The van der Waals surface area contributed by atoms with Gasteiger partial charge in [0.25, 0.3) is 5.91 Å². The van der Waals surface area contributed by atoms with E-state index < -0.39 is 0 Å². The number of methoxy groups -OCH3 is 2. The zero-order valence-corrected chi connectivity index (χ0v) is 14.9. The number of benzene rings is 3. The SMILES string of the molecule is COc1ccc(NC(=O)c2cccc3nc4ccccc4nc23)c(OC)c1. The number of hydrogen-bond acceptors (Lipinski definition) is 5. The Labute approximate surface area is 155 Å². The molecule has 0 saturated heterocycles. The van der Waals surface area contributed by atoms with Crippen molar-refractivity contribution in [3.05, 3.63) is 66.2 Å². The van der Waals surface area contributed by atoms with Gasteiger partial charge in [0.05, 0.1) is 42.0 Å². The standard InChI is InChI=1S/C21H17N3O3/c1-26-13-10-11-17(19(12-13)27-2)24-21(25)14-6-5-9-18-20(14)23-16-8-4-3-7-15(16)22-18/h3-12H,1-2H3,(H,24,25). The Bertz CT molecular complexity index is 1160. The molecule has 0 aliphatic rings. The predicted octanol–water partition coefficient (Wildman–Crippen LogP) is 4.05. The molecule has 1 heterocycles. The van der Waals surface area contributed by atoms with Crippen LogP contribution >= 0.6 is 0 Å². The van der Waals surface area contributed by atoms with E-state index in [0.29, 0.717) is 33.8 Å². The van der Waals surface area contributed by atoms with Crippen LogP contribution in [0.2, 0.25) is 0 Å². The second-order valence-corrected chi connectivity index (χ2v) is 5.91. The average molecular weight is 359 g/mol. The number of aromatic nitrogens is 2. The van der Waals surface area contributed by atoms with E-state index in [9.17, 15) is 4.79 Å². The lowest BCUT2D eigenvalue weighted by atomic mass is 10.1. The van der Waals surface area contributed by atoms with Crippen LogP contribution in [0.3, 0.4) is 0 Å². The summed E-state index contributed by atoms with van der Waals surface area (Å²) in [7, 11) is 3.12. The smallest absolute Gasteiger partial charge is 0.258 e. The summed E-state index contributed by atoms with van der Waals surface area (Å²) in [6.45, 7) is 0. The number of nitrogens with one attached hydrogen (secondary N) is 1. The zero-order chi connectivity index (χ0) is 18.8. The summed E-state index contributed by atoms with van der Waals surface area (Å²) >= 11 is 0. The van der Waals surface area contributed by atoms with Gasteiger partial charge in [-0.1, -0.05) is 18.2 Å². The lowest BCUT2D eigenvalue weighted by molar-refractivity contribution is 0.102. The fraction of sp³-hybridized carbons (Fsp3) is 0.0952. The minimum Gasteiger partial charge on any atom is -0.497 e. The molecule has 1 N–H and O–H groups in total. The monoisotopic (exact) mass is 359 g/mol. The molecular weight excluding hydrogens is 342 g/mol. The van der Waals surface area contributed by atoms with Crippen LogP contribution in [-0.2, 0) is 0 Å². The quantitative estimate of drug-likeness (QED) is 0.557. The Morgan fingerprint density at radius 2 is 1.59 bits per heavy atom. The molecule has 0 radical (unpaired) electrons. The fourth-order valence-electron chi connectivity index (χ4n) is 2.92. The Morgan fingerprint density at radius 3 is 2.33 bits per heavy atom. The average Bonchev–Trinajstić information content (AvgIpc) is 2.72. The number of rotatable bonds is 4. The van der Waals surface area contributed by atoms with Gasteiger partial charge in [-0.05, 0) is 36.4 Å². The number of para-hydroxylation sites is 3. The first-order chi connectivity index (χ1) is 13.2. The fourth-order valence-corrected chi connectivity index (χ4v) is 2.92. The Morgan fingerprint density at radius 1 is 0.852 bits per heavy atom. The van der Waals surface area contributed by atoms with Crippen molar-refractivity contribution in [3.63, 3.8) is 0 Å². The highest BCUT2D eigenvalue weighted by molar-refractivity contribution is 6.12. The van der Waals surface area contributed by atoms with Gasteiger partial charge in [0.2, 0.25) is 0 Å². The van der Waals surface area contributed by atoms with Gasteiger partial charge in [-0.3, -0.25) is 4.79 Å². The molecule has 0 spiro atoms. The Kier molecular flexibility index (Phi) is 4.30. The maximum absolute atomic E-state index is 12.9. The van der Waals surface area contributed by atoms with Gasteiger partial charge >= 0.3 is 0 Å². The van der Waals surface area contributed by atoms with Gasteiger partial charge in [-0.2, -0.15) is 0 Å². The molecule has 0 atom stereocenters. The molecule has 4 aromatic rings. The maximum Gasteiger partial charge on any atom is 0.258 e. The molecule has 1 aromatic heterocycles. The molecule has 1 amide bonds. The number of anilines is 1. The molecule has 0 bridgehead atoms. The summed E-state index contributed by atoms with van der Waals surface area (Å²) in [4.78, 5) is 22.2. The van der Waals surface area contributed by atoms with Gasteiger partial charge in [-0.25, -0.2) is 9.97 Å². The molecular formula is C21H17N3O3. The summed E-state index contributed by atoms with van der Waals surface area (Å²) in [6.07, 6.45) is 0. The first-order valence-electron chi connectivity index (χ1n) is 8.38. The van der Waals surface area contributed by atoms with Crippen molar-refractivity contribution in [3.8, 4) is 11.5 Å². The number of ether oxygens (including phenoxy) is 2. The van der Waals surface area contributed by atoms with Crippen molar-refractivity contribution in [1.29, 1.82) is 0 Å². The van der Waals surface area contributed by atoms with Crippen LogP contribution in [0.1, 0.15) is 10.4 Å². The van der Waals surface area contributed by atoms with Gasteiger partial charge in [-0.15, -0.1) is 0 Å². The highest BCUT2D eigenvalue weighted by Gasteiger charge is 2.15. The van der Waals surface area contributed by atoms with E-state index in [2.05, 4.69) is 15.3 Å². The lowest BCUT2D eigenvalue weighted by Gasteiger charge is -2.12. The van der Waals surface area contributed by atoms with Crippen molar-refractivity contribution in [2.75, 3.05) is 19.5 Å². The third kappa shape index (κ3) is 3.13. The maximum atomic E-state index is 12.9. The van der Waals surface area contributed by atoms with E-state index in [1.165, 1.54) is 0 Å². The van der Waals surface area contributed by atoms with Crippen LogP contribution in [0.25, 0.3) is 22.1 Å². The zero-order valence-electron chi connectivity index (χ0n) is 14.9. The number of carbonyl (C=O) groups excluding carboxylic acids is 1. The summed E-state index contributed by atoms with van der Waals surface area (Å²) in [5.74, 6) is 0.875. The molecule has 3 aromatic carbocycles. The van der Waals surface area contributed by atoms with Gasteiger partial charge in [0, 0.05) is 6.07 Å². The van der Waals surface area contributed by atoms with Crippen LogP contribution in [0.5, 0.6) is 11.5 Å². The summed E-state index contributed by atoms with van der Waals surface area (Å²) < 4.78 is 10.5. The van der Waals surface area contributed by atoms with Crippen molar-refractivity contribution in [2.45, 2.75) is 0 Å². The third-order valence-electron chi connectivity index (χ3n) is 4.27. The summed E-state index contributed by atoms with van der Waals surface area (Å²) in [6, 6.07) is 18.2. The number of nitrogens with zero attached hydrogens (tertiary/aromatic N) is 2. The largest absolute Gasteiger partial charge is 0.497 e. The van der Waals surface area contributed by atoms with Gasteiger partial charge in [0.15, 0.2) is 0 Å². The minimum atomic E-state index is -0.284. The minimum absolute atomic E-state index is 0.284. The second-order valence-electron chi connectivity index (χ2n) is 5.91. The normalized spacial score (nSPS) is 10.7. The molecule has 0 aliphatic carbocycles. The van der Waals surface area contributed by atoms with Crippen molar-refractivity contribution >= 4 is 33.7 Å². The molecule has 27 heavy (non-hydrogen) atoms. The molecule has 0 fully saturated rings. The van der Waals surface area contributed by atoms with Gasteiger partial charge < -0.3 is 14.8 Å². The van der Waals surface area contributed by atoms with Crippen LogP contribution in [0.15, 0.2) is 60.7 Å². The van der Waals surface area contributed by atoms with Crippen LogP contribution < -0.4 is 14.8 Å². The highest BCUT2D eigenvalue weighted by atomic mass is 16.5. The van der Waals surface area contributed by atoms with E-state index in [4.69, 9.17) is 9.47 Å². The van der Waals surface area contributed by atoms with Crippen molar-refractivity contribution < 1.29 is 14.3 Å². The van der Waals surface area contributed by atoms with E-state index >= 15 is 0 Å². The van der Waals surface area contributed by atoms with Crippen LogP contribution in [0.4, 0.5) is 5.69 Å². The molecule has 0 unspecified atom stereocenters. The van der Waals surface area contributed by atoms with Crippen LogP contribution in [0, 0.1) is 0 Å². The lowest BCUT2D eigenvalue weighted by Crippen LogP contribution is -2.13. The second kappa shape index (κ2) is 6.92. The number of carbonyl (C=O) groups is 1. The molecule has 6 nitrogen and oxygen atoms in total. The first-order valence-corrected chi connectivity index (χ1v) is 8.38. The number of amides is 1. The van der Waals surface area contributed by atoms with E-state index in [-0.39, 0.29) is 5.91 Å². The van der Waals surface area contributed by atoms with Gasteiger partial charge in [0.1, 0.15) is 17.0 Å². The molecule has 4 rings (SSSR count). The Balaban J connectivity index is 1.76. The summed E-state index contributed by atoms with van der Waals surface area (Å²) in [5.41, 5.74) is 3.76. The van der Waals surface area contributed by atoms with E-state index in [1.54, 1.807) is 44.6 Å². The molecule has 6 heteroatoms. The highest BCUT2D eigenvalue weighted by Crippen LogP contribution is 2.30. The topological polar surface area (TPSA) is 73.3 Å². The molecule has 0 aliphatic heterocycles. The molecule has 134 valence electrons. The molecule has 0 saturated carbocycles. The van der Waals surface area contributed by atoms with E-state index in [0.717, 1.165) is 11.0 Å². The summed E-state index contributed by atoms with van der Waals surface area (Å²) in [5, 5.41) is 2.88. The third-order valence-corrected chi connectivity index (χ3v) is 4.27. The number of hydrogen-bond donors (Lipinski definition) is 1. The predicted molar refractivity (Wildman–Crippen MR) is 105 cm³/mol. The van der Waals surface area contributed by atoms with Crippen LogP contribution in [-0.4, -0.2) is 30.1 Å². The Hall–Kier alpha value is -3.67. The van der Waals surface area contributed by atoms with Crippen molar-refractivity contribution in [1.82, 2.24) is 9.97 Å². The first kappa shape index (κ1) is 16.8. The van der Waals surface area contributed by atoms with Crippen molar-refractivity contribution in [2.24, 2.45) is 0 Å².